The maximum Gasteiger partial charge on any atom is 0.107 e. The Balaban J connectivity index is 2.69. The van der Waals surface area contributed by atoms with Gasteiger partial charge in [0.1, 0.15) is 6.61 Å². The summed E-state index contributed by atoms with van der Waals surface area (Å²) in [6, 6.07) is 0. The van der Waals surface area contributed by atoms with Crippen molar-refractivity contribution in [1.29, 1.82) is 0 Å². The summed E-state index contributed by atoms with van der Waals surface area (Å²) in [6.45, 7) is 1.25. The third kappa shape index (κ3) is 7.87. The highest BCUT2D eigenvalue weighted by atomic mass is 32.2. The summed E-state index contributed by atoms with van der Waals surface area (Å²) < 4.78 is 5.04. The first-order valence-electron chi connectivity index (χ1n) is 2.92. The van der Waals surface area contributed by atoms with Gasteiger partial charge in [0.2, 0.25) is 0 Å². The van der Waals surface area contributed by atoms with Crippen molar-refractivity contribution in [3.05, 3.63) is 0 Å². The van der Waals surface area contributed by atoms with Gasteiger partial charge in [-0.1, -0.05) is 5.92 Å². The third-order valence-electron chi connectivity index (χ3n) is 0.823. The Labute approximate surface area is 61.2 Å². The average Bonchev–Trinajstić information content (AvgIpc) is 1.89. The fourth-order valence-electron chi connectivity index (χ4n) is 0.436. The van der Waals surface area contributed by atoms with Gasteiger partial charge in [-0.05, 0) is 18.4 Å². The van der Waals surface area contributed by atoms with Crippen molar-refractivity contribution in [1.82, 2.24) is 0 Å². The molecule has 0 N–H and O–H groups in total. The zero-order valence-electron chi connectivity index (χ0n) is 5.72. The first kappa shape index (κ1) is 8.87. The van der Waals surface area contributed by atoms with Crippen molar-refractivity contribution in [2.75, 3.05) is 25.2 Å². The van der Waals surface area contributed by atoms with Crippen LogP contribution in [0, 0.1) is 12.3 Å². The molecule has 0 spiro atoms. The van der Waals surface area contributed by atoms with E-state index in [1.807, 2.05) is 11.8 Å². The third-order valence-corrected chi connectivity index (χ3v) is 1.52. The maximum atomic E-state index is 5.04. The van der Waals surface area contributed by atoms with Gasteiger partial charge in [-0.3, -0.25) is 0 Å². The molecule has 0 fully saturated rings. The van der Waals surface area contributed by atoms with Gasteiger partial charge in [-0.2, -0.15) is 11.8 Å². The van der Waals surface area contributed by atoms with Crippen LogP contribution in [0.15, 0.2) is 0 Å². The van der Waals surface area contributed by atoms with Crippen LogP contribution < -0.4 is 0 Å². The number of terminal acetylenes is 1. The first-order chi connectivity index (χ1) is 4.41. The number of hydrogen-bond acceptors (Lipinski definition) is 2. The average molecular weight is 144 g/mol. The second-order valence-electron chi connectivity index (χ2n) is 1.60. The Morgan fingerprint density at radius 2 is 2.44 bits per heavy atom. The summed E-state index contributed by atoms with van der Waals surface area (Å²) in [5.74, 6) is 3.57. The van der Waals surface area contributed by atoms with Gasteiger partial charge >= 0.3 is 0 Å². The number of thioether (sulfide) groups is 1. The van der Waals surface area contributed by atoms with E-state index in [1.54, 1.807) is 0 Å². The molecule has 0 saturated heterocycles. The van der Waals surface area contributed by atoms with Crippen LogP contribution in [0.2, 0.25) is 0 Å². The molecular weight excluding hydrogens is 132 g/mol. The summed E-state index contributed by atoms with van der Waals surface area (Å²) in [4.78, 5) is 0. The molecule has 0 aromatic rings. The second-order valence-corrected chi connectivity index (χ2v) is 2.59. The summed E-state index contributed by atoms with van der Waals surface area (Å²) in [7, 11) is 0. The van der Waals surface area contributed by atoms with Crippen LogP contribution in [0.5, 0.6) is 0 Å². The van der Waals surface area contributed by atoms with Crippen molar-refractivity contribution in [3.63, 3.8) is 0 Å². The molecule has 0 rings (SSSR count). The van der Waals surface area contributed by atoms with Crippen LogP contribution in [0.3, 0.4) is 0 Å². The second kappa shape index (κ2) is 7.87. The van der Waals surface area contributed by atoms with E-state index in [0.717, 1.165) is 18.8 Å². The molecule has 2 heteroatoms. The van der Waals surface area contributed by atoms with Crippen LogP contribution in [0.1, 0.15) is 6.42 Å². The maximum absolute atomic E-state index is 5.04. The van der Waals surface area contributed by atoms with Crippen LogP contribution in [0.4, 0.5) is 0 Å². The lowest BCUT2D eigenvalue weighted by Gasteiger charge is -1.96. The largest absolute Gasteiger partial charge is 0.369 e. The zero-order valence-corrected chi connectivity index (χ0v) is 6.54. The molecule has 0 aromatic heterocycles. The highest BCUT2D eigenvalue weighted by Gasteiger charge is 1.83. The SMILES string of the molecule is C#CCOCCCSC. The Morgan fingerprint density at radius 1 is 1.67 bits per heavy atom. The van der Waals surface area contributed by atoms with E-state index in [2.05, 4.69) is 12.2 Å². The van der Waals surface area contributed by atoms with E-state index in [1.165, 1.54) is 0 Å². The van der Waals surface area contributed by atoms with Crippen LogP contribution in [-0.4, -0.2) is 25.2 Å². The van der Waals surface area contributed by atoms with E-state index in [0.29, 0.717) is 6.61 Å². The smallest absolute Gasteiger partial charge is 0.107 e. The van der Waals surface area contributed by atoms with Crippen molar-refractivity contribution in [3.8, 4) is 12.3 Å². The molecule has 0 aliphatic carbocycles. The summed E-state index contributed by atoms with van der Waals surface area (Å²) in [5.41, 5.74) is 0. The minimum atomic E-state index is 0.453. The molecule has 0 radical (unpaired) electrons. The predicted molar refractivity (Wildman–Crippen MR) is 42.7 cm³/mol. The van der Waals surface area contributed by atoms with Gasteiger partial charge in [0.05, 0.1) is 0 Å². The normalized spacial score (nSPS) is 8.89. The lowest BCUT2D eigenvalue weighted by atomic mass is 10.5. The van der Waals surface area contributed by atoms with Crippen molar-refractivity contribution >= 4 is 11.8 Å². The van der Waals surface area contributed by atoms with Gasteiger partial charge < -0.3 is 4.74 Å². The molecule has 0 bridgehead atoms. The standard InChI is InChI=1S/C7H12OS/c1-3-5-8-6-4-7-9-2/h1H,4-7H2,2H3. The number of hydrogen-bond donors (Lipinski definition) is 0. The van der Waals surface area contributed by atoms with Crippen molar-refractivity contribution in [2.24, 2.45) is 0 Å². The molecule has 0 unspecified atom stereocenters. The summed E-state index contributed by atoms with van der Waals surface area (Å²) >= 11 is 1.83. The fraction of sp³-hybridized carbons (Fsp3) is 0.714. The molecule has 9 heavy (non-hydrogen) atoms. The lowest BCUT2D eigenvalue weighted by molar-refractivity contribution is 0.169. The van der Waals surface area contributed by atoms with E-state index in [-0.39, 0.29) is 0 Å². The Kier molecular flexibility index (Phi) is 7.76. The quantitative estimate of drug-likeness (QED) is 0.426. The fourth-order valence-corrected chi connectivity index (χ4v) is 0.843. The minimum Gasteiger partial charge on any atom is -0.369 e. The highest BCUT2D eigenvalue weighted by Crippen LogP contribution is 1.94. The zero-order chi connectivity index (χ0) is 6.95. The number of ether oxygens (including phenoxy) is 1. The predicted octanol–water partition coefficient (Wildman–Crippen LogP) is 1.39. The summed E-state index contributed by atoms with van der Waals surface area (Å²) in [6.07, 6.45) is 8.15. The molecular formula is C7H12OS. The summed E-state index contributed by atoms with van der Waals surface area (Å²) in [5, 5.41) is 0. The van der Waals surface area contributed by atoms with Gasteiger partial charge in [-0.25, -0.2) is 0 Å². The van der Waals surface area contributed by atoms with Crippen molar-refractivity contribution in [2.45, 2.75) is 6.42 Å². The molecule has 0 saturated carbocycles. The van der Waals surface area contributed by atoms with Crippen LogP contribution in [0.25, 0.3) is 0 Å². The molecule has 0 heterocycles. The van der Waals surface area contributed by atoms with Gasteiger partial charge in [0.25, 0.3) is 0 Å². The van der Waals surface area contributed by atoms with Gasteiger partial charge in [0.15, 0.2) is 0 Å². The molecule has 1 nitrogen and oxygen atoms in total. The molecule has 0 amide bonds. The van der Waals surface area contributed by atoms with E-state index < -0.39 is 0 Å². The van der Waals surface area contributed by atoms with E-state index >= 15 is 0 Å². The van der Waals surface area contributed by atoms with Crippen molar-refractivity contribution < 1.29 is 4.74 Å². The van der Waals surface area contributed by atoms with E-state index in [9.17, 15) is 0 Å². The van der Waals surface area contributed by atoms with Gasteiger partial charge in [-0.15, -0.1) is 6.42 Å². The molecule has 0 atom stereocenters. The monoisotopic (exact) mass is 144 g/mol. The van der Waals surface area contributed by atoms with Gasteiger partial charge in [0, 0.05) is 6.61 Å². The van der Waals surface area contributed by atoms with Crippen LogP contribution >= 0.6 is 11.8 Å². The molecule has 0 aliphatic heterocycles. The Hall–Kier alpha value is -0.130. The minimum absolute atomic E-state index is 0.453. The Morgan fingerprint density at radius 3 is 3.00 bits per heavy atom. The first-order valence-corrected chi connectivity index (χ1v) is 4.31. The Bertz CT molecular complexity index is 85.4. The van der Waals surface area contributed by atoms with Crippen LogP contribution in [-0.2, 0) is 4.74 Å². The lowest BCUT2D eigenvalue weighted by Crippen LogP contribution is -1.95. The van der Waals surface area contributed by atoms with E-state index in [4.69, 9.17) is 11.2 Å². The molecule has 52 valence electrons. The topological polar surface area (TPSA) is 9.23 Å². The molecule has 0 aliphatic rings. The number of rotatable bonds is 5. The highest BCUT2D eigenvalue weighted by molar-refractivity contribution is 7.98. The molecule has 0 aromatic carbocycles.